The highest BCUT2D eigenvalue weighted by Gasteiger charge is 2.17. The van der Waals surface area contributed by atoms with Crippen LogP contribution in [0.3, 0.4) is 0 Å². The van der Waals surface area contributed by atoms with Gasteiger partial charge in [0.15, 0.2) is 0 Å². The van der Waals surface area contributed by atoms with Gasteiger partial charge in [-0.1, -0.05) is 36.8 Å². The minimum absolute atomic E-state index is 0.234. The van der Waals surface area contributed by atoms with E-state index in [1.165, 1.54) is 6.07 Å². The van der Waals surface area contributed by atoms with Gasteiger partial charge in [0.25, 0.3) is 15.6 Å². The predicted molar refractivity (Wildman–Crippen MR) is 106 cm³/mol. The fraction of sp³-hybridized carbons (Fsp3) is 0.200. The first kappa shape index (κ1) is 18.8. The molecule has 0 amide bonds. The molecule has 7 heteroatoms. The van der Waals surface area contributed by atoms with Gasteiger partial charge in [0.05, 0.1) is 4.90 Å². The zero-order chi connectivity index (χ0) is 19.6. The van der Waals surface area contributed by atoms with Crippen LogP contribution in [0.4, 0.5) is 5.69 Å². The summed E-state index contributed by atoms with van der Waals surface area (Å²) in [7, 11) is -3.72. The number of aryl methyl sites for hydroxylation is 3. The van der Waals surface area contributed by atoms with Crippen molar-refractivity contribution in [1.82, 2.24) is 9.97 Å². The number of benzene rings is 2. The number of hydrogen-bond acceptors (Lipinski definition) is 4. The maximum atomic E-state index is 12.8. The van der Waals surface area contributed by atoms with Crippen molar-refractivity contribution in [3.63, 3.8) is 0 Å². The molecule has 1 heterocycles. The van der Waals surface area contributed by atoms with Gasteiger partial charge in [-0.2, -0.15) is 0 Å². The first-order chi connectivity index (χ1) is 12.8. The SMILES string of the molecule is CCc1cc(=O)[nH]c(-c2cccc(NS(=O)(=O)c3ccc(C)cc3C)c2)n1. The van der Waals surface area contributed by atoms with Gasteiger partial charge in [-0.05, 0) is 44.0 Å². The molecule has 27 heavy (non-hydrogen) atoms. The summed E-state index contributed by atoms with van der Waals surface area (Å²) in [6.07, 6.45) is 0.635. The Morgan fingerprint density at radius 2 is 1.85 bits per heavy atom. The van der Waals surface area contributed by atoms with Crippen LogP contribution < -0.4 is 10.3 Å². The predicted octanol–water partition coefficient (Wildman–Crippen LogP) is 3.42. The third-order valence-corrected chi connectivity index (χ3v) is 5.71. The molecule has 0 atom stereocenters. The minimum atomic E-state index is -3.72. The van der Waals surface area contributed by atoms with Gasteiger partial charge in [-0.3, -0.25) is 9.52 Å². The minimum Gasteiger partial charge on any atom is -0.307 e. The van der Waals surface area contributed by atoms with Gasteiger partial charge in [0.2, 0.25) is 0 Å². The van der Waals surface area contributed by atoms with E-state index in [9.17, 15) is 13.2 Å². The van der Waals surface area contributed by atoms with E-state index in [-0.39, 0.29) is 10.5 Å². The second-order valence-electron chi connectivity index (χ2n) is 6.39. The topological polar surface area (TPSA) is 91.9 Å². The number of nitrogens with one attached hydrogen (secondary N) is 2. The molecule has 1 aromatic heterocycles. The Labute approximate surface area is 158 Å². The number of nitrogens with zero attached hydrogens (tertiary/aromatic N) is 1. The van der Waals surface area contributed by atoms with Crippen LogP contribution in [-0.2, 0) is 16.4 Å². The van der Waals surface area contributed by atoms with Crippen molar-refractivity contribution >= 4 is 15.7 Å². The van der Waals surface area contributed by atoms with Crippen molar-refractivity contribution in [1.29, 1.82) is 0 Å². The fourth-order valence-electron chi connectivity index (χ4n) is 2.87. The van der Waals surface area contributed by atoms with Crippen molar-refractivity contribution in [2.24, 2.45) is 0 Å². The molecule has 2 N–H and O–H groups in total. The summed E-state index contributed by atoms with van der Waals surface area (Å²) in [5.41, 5.74) is 3.15. The highest BCUT2D eigenvalue weighted by molar-refractivity contribution is 7.92. The van der Waals surface area contributed by atoms with E-state index in [0.29, 0.717) is 34.8 Å². The lowest BCUT2D eigenvalue weighted by Gasteiger charge is -2.12. The number of aromatic amines is 1. The Bertz CT molecular complexity index is 1150. The average molecular weight is 383 g/mol. The highest BCUT2D eigenvalue weighted by atomic mass is 32.2. The van der Waals surface area contributed by atoms with Crippen LogP contribution >= 0.6 is 0 Å². The lowest BCUT2D eigenvalue weighted by molar-refractivity contribution is 0.600. The van der Waals surface area contributed by atoms with Crippen molar-refractivity contribution in [2.75, 3.05) is 4.72 Å². The standard InChI is InChI=1S/C20H21N3O3S/c1-4-16-12-19(24)22-20(21-16)15-6-5-7-17(11-15)23-27(25,26)18-9-8-13(2)10-14(18)3/h5-12,23H,4H2,1-3H3,(H,21,22,24). The average Bonchev–Trinajstić information content (AvgIpc) is 2.60. The Morgan fingerprint density at radius 3 is 2.56 bits per heavy atom. The molecule has 0 aliphatic rings. The number of hydrogen-bond donors (Lipinski definition) is 2. The number of aromatic nitrogens is 2. The molecule has 0 spiro atoms. The fourth-order valence-corrected chi connectivity index (χ4v) is 4.14. The maximum Gasteiger partial charge on any atom is 0.262 e. The van der Waals surface area contributed by atoms with Crippen LogP contribution in [0, 0.1) is 13.8 Å². The Kier molecular flexibility index (Phi) is 5.14. The van der Waals surface area contributed by atoms with E-state index in [1.54, 1.807) is 43.3 Å². The first-order valence-corrected chi connectivity index (χ1v) is 10.1. The molecule has 0 saturated heterocycles. The van der Waals surface area contributed by atoms with Crippen LogP contribution in [-0.4, -0.2) is 18.4 Å². The lowest BCUT2D eigenvalue weighted by atomic mass is 10.2. The molecule has 3 rings (SSSR count). The molecule has 3 aromatic rings. The molecule has 0 aliphatic carbocycles. The van der Waals surface area contributed by atoms with Crippen LogP contribution in [0.1, 0.15) is 23.7 Å². The third-order valence-electron chi connectivity index (χ3n) is 4.17. The molecule has 0 bridgehead atoms. The number of H-pyrrole nitrogens is 1. The Hall–Kier alpha value is -2.93. The molecule has 0 fully saturated rings. The molecular formula is C20H21N3O3S. The van der Waals surface area contributed by atoms with E-state index in [4.69, 9.17) is 0 Å². The van der Waals surface area contributed by atoms with E-state index in [1.807, 2.05) is 19.9 Å². The zero-order valence-corrected chi connectivity index (χ0v) is 16.2. The Balaban J connectivity index is 1.96. The molecule has 6 nitrogen and oxygen atoms in total. The summed E-state index contributed by atoms with van der Waals surface area (Å²) in [5, 5.41) is 0. The van der Waals surface area contributed by atoms with Crippen LogP contribution in [0.25, 0.3) is 11.4 Å². The zero-order valence-electron chi connectivity index (χ0n) is 15.4. The second kappa shape index (κ2) is 7.36. The van der Waals surface area contributed by atoms with Crippen LogP contribution in [0.15, 0.2) is 58.2 Å². The van der Waals surface area contributed by atoms with E-state index in [0.717, 1.165) is 5.56 Å². The van der Waals surface area contributed by atoms with E-state index >= 15 is 0 Å². The molecular weight excluding hydrogens is 362 g/mol. The molecule has 0 saturated carbocycles. The van der Waals surface area contributed by atoms with Gasteiger partial charge in [-0.15, -0.1) is 0 Å². The van der Waals surface area contributed by atoms with Crippen LogP contribution in [0.2, 0.25) is 0 Å². The smallest absolute Gasteiger partial charge is 0.262 e. The first-order valence-electron chi connectivity index (χ1n) is 8.59. The third kappa shape index (κ3) is 4.25. The summed E-state index contributed by atoms with van der Waals surface area (Å²) in [6, 6.07) is 13.4. The van der Waals surface area contributed by atoms with E-state index in [2.05, 4.69) is 14.7 Å². The molecule has 140 valence electrons. The molecule has 0 radical (unpaired) electrons. The monoisotopic (exact) mass is 383 g/mol. The van der Waals surface area contributed by atoms with Gasteiger partial charge < -0.3 is 4.98 Å². The summed E-state index contributed by atoms with van der Waals surface area (Å²) in [6.45, 7) is 5.60. The number of rotatable bonds is 5. The molecule has 0 unspecified atom stereocenters. The Morgan fingerprint density at radius 1 is 1.07 bits per heavy atom. The molecule has 2 aromatic carbocycles. The van der Waals surface area contributed by atoms with Gasteiger partial charge in [0, 0.05) is 23.0 Å². The van der Waals surface area contributed by atoms with Gasteiger partial charge in [0.1, 0.15) is 5.82 Å². The van der Waals surface area contributed by atoms with Crippen molar-refractivity contribution in [3.05, 3.63) is 75.7 Å². The number of sulfonamides is 1. The van der Waals surface area contributed by atoms with Crippen molar-refractivity contribution < 1.29 is 8.42 Å². The maximum absolute atomic E-state index is 12.8. The summed E-state index contributed by atoms with van der Waals surface area (Å²) >= 11 is 0. The van der Waals surface area contributed by atoms with Gasteiger partial charge in [-0.25, -0.2) is 13.4 Å². The molecule has 0 aliphatic heterocycles. The largest absolute Gasteiger partial charge is 0.307 e. The van der Waals surface area contributed by atoms with Crippen molar-refractivity contribution in [3.8, 4) is 11.4 Å². The van der Waals surface area contributed by atoms with Crippen molar-refractivity contribution in [2.45, 2.75) is 32.1 Å². The summed E-state index contributed by atoms with van der Waals surface area (Å²) in [5.74, 6) is 0.409. The quantitative estimate of drug-likeness (QED) is 0.706. The lowest BCUT2D eigenvalue weighted by Crippen LogP contribution is -2.14. The van der Waals surface area contributed by atoms with Gasteiger partial charge >= 0.3 is 0 Å². The highest BCUT2D eigenvalue weighted by Crippen LogP contribution is 2.23. The van der Waals surface area contributed by atoms with E-state index < -0.39 is 10.0 Å². The number of anilines is 1. The van der Waals surface area contributed by atoms with Crippen LogP contribution in [0.5, 0.6) is 0 Å². The normalized spacial score (nSPS) is 11.4. The second-order valence-corrected chi connectivity index (χ2v) is 8.04. The summed E-state index contributed by atoms with van der Waals surface area (Å²) < 4.78 is 28.1. The summed E-state index contributed by atoms with van der Waals surface area (Å²) in [4.78, 5) is 19.1.